The van der Waals surface area contributed by atoms with Gasteiger partial charge in [0, 0.05) is 31.6 Å². The molecular weight excluding hydrogens is 399 g/mol. The van der Waals surface area contributed by atoms with Gasteiger partial charge in [-0.15, -0.1) is 0 Å². The van der Waals surface area contributed by atoms with Crippen LogP contribution in [0.15, 0.2) is 59.1 Å². The number of halogens is 1. The van der Waals surface area contributed by atoms with E-state index in [4.69, 9.17) is 9.26 Å². The van der Waals surface area contributed by atoms with Gasteiger partial charge < -0.3 is 19.5 Å². The molecule has 1 N–H and O–H groups in total. The number of hydrogen-bond donors (Lipinski definition) is 1. The van der Waals surface area contributed by atoms with Crippen molar-refractivity contribution in [1.29, 1.82) is 0 Å². The van der Waals surface area contributed by atoms with Gasteiger partial charge in [0.1, 0.15) is 5.82 Å². The van der Waals surface area contributed by atoms with Crippen LogP contribution in [0.4, 0.5) is 9.18 Å². The Hall–Kier alpha value is -3.26. The second kappa shape index (κ2) is 10.2. The Morgan fingerprint density at radius 3 is 2.81 bits per heavy atom. The number of piperidine rings is 1. The zero-order chi connectivity index (χ0) is 21.5. The van der Waals surface area contributed by atoms with E-state index in [1.807, 2.05) is 30.3 Å². The summed E-state index contributed by atoms with van der Waals surface area (Å²) in [6, 6.07) is 15.6. The third-order valence-electron chi connectivity index (χ3n) is 5.19. The predicted molar refractivity (Wildman–Crippen MR) is 113 cm³/mol. The van der Waals surface area contributed by atoms with Crippen LogP contribution < -0.4 is 5.32 Å². The lowest BCUT2D eigenvalue weighted by Crippen LogP contribution is -2.47. The first-order chi connectivity index (χ1) is 15.2. The molecule has 0 saturated carbocycles. The van der Waals surface area contributed by atoms with Crippen molar-refractivity contribution in [2.24, 2.45) is 0 Å². The van der Waals surface area contributed by atoms with Crippen LogP contribution in [-0.2, 0) is 17.7 Å². The van der Waals surface area contributed by atoms with Crippen LogP contribution in [0.3, 0.4) is 0 Å². The molecule has 8 heteroatoms. The van der Waals surface area contributed by atoms with Gasteiger partial charge >= 0.3 is 6.03 Å². The smallest absolute Gasteiger partial charge is 0.317 e. The highest BCUT2D eigenvalue weighted by Gasteiger charge is 2.24. The fourth-order valence-electron chi connectivity index (χ4n) is 3.52. The van der Waals surface area contributed by atoms with E-state index >= 15 is 0 Å². The molecule has 1 atom stereocenters. The number of aromatic nitrogens is 2. The molecule has 162 valence electrons. The van der Waals surface area contributed by atoms with E-state index in [1.165, 1.54) is 12.1 Å². The summed E-state index contributed by atoms with van der Waals surface area (Å²) < 4.78 is 24.3. The minimum Gasteiger partial charge on any atom is -0.376 e. The van der Waals surface area contributed by atoms with Crippen LogP contribution >= 0.6 is 0 Å². The molecule has 0 spiro atoms. The standard InChI is InChI=1S/C23H25FN4O3/c24-19-10-8-17(9-11-19)15-25-23(29)28-13-4-7-20(16-28)30-14-12-21-26-22(31-27-21)18-5-2-1-3-6-18/h1-3,5-6,8-11,20H,4,7,12-16H2,(H,25,29). The normalized spacial score (nSPS) is 16.3. The van der Waals surface area contributed by atoms with Crippen molar-refractivity contribution < 1.29 is 18.4 Å². The number of carbonyl (C=O) groups excluding carboxylic acids is 1. The van der Waals surface area contributed by atoms with Gasteiger partial charge in [-0.2, -0.15) is 4.98 Å². The van der Waals surface area contributed by atoms with Gasteiger partial charge in [-0.05, 0) is 42.7 Å². The summed E-state index contributed by atoms with van der Waals surface area (Å²) in [6.07, 6.45) is 2.31. The van der Waals surface area contributed by atoms with Crippen molar-refractivity contribution in [2.75, 3.05) is 19.7 Å². The first-order valence-electron chi connectivity index (χ1n) is 10.4. The SMILES string of the molecule is O=C(NCc1ccc(F)cc1)N1CCCC(OCCc2noc(-c3ccccc3)n2)C1. The molecule has 2 heterocycles. The topological polar surface area (TPSA) is 80.5 Å². The minimum absolute atomic E-state index is 0.0224. The summed E-state index contributed by atoms with van der Waals surface area (Å²) in [5.74, 6) is 0.809. The lowest BCUT2D eigenvalue weighted by atomic mass is 10.1. The summed E-state index contributed by atoms with van der Waals surface area (Å²) in [5, 5.41) is 6.90. The molecule has 1 unspecified atom stereocenters. The van der Waals surface area contributed by atoms with Crippen molar-refractivity contribution in [3.8, 4) is 11.5 Å². The van der Waals surface area contributed by atoms with E-state index in [-0.39, 0.29) is 18.0 Å². The van der Waals surface area contributed by atoms with Gasteiger partial charge in [-0.25, -0.2) is 9.18 Å². The summed E-state index contributed by atoms with van der Waals surface area (Å²) in [5.41, 5.74) is 1.74. The Balaban J connectivity index is 1.20. The van der Waals surface area contributed by atoms with Crippen molar-refractivity contribution in [2.45, 2.75) is 31.9 Å². The predicted octanol–water partition coefficient (Wildman–Crippen LogP) is 3.81. The number of nitrogens with one attached hydrogen (secondary N) is 1. The Bertz CT molecular complexity index is 978. The lowest BCUT2D eigenvalue weighted by Gasteiger charge is -2.32. The molecule has 0 aliphatic carbocycles. The molecule has 3 aromatic rings. The molecular formula is C23H25FN4O3. The number of benzene rings is 2. The molecule has 1 saturated heterocycles. The number of likely N-dealkylation sites (tertiary alicyclic amines) is 1. The maximum absolute atomic E-state index is 13.0. The average molecular weight is 424 g/mol. The quantitative estimate of drug-likeness (QED) is 0.624. The van der Waals surface area contributed by atoms with E-state index in [1.54, 1.807) is 17.0 Å². The molecule has 4 rings (SSSR count). The van der Waals surface area contributed by atoms with E-state index < -0.39 is 0 Å². The molecule has 1 aliphatic heterocycles. The fourth-order valence-corrected chi connectivity index (χ4v) is 3.52. The van der Waals surface area contributed by atoms with E-state index in [0.717, 1.165) is 24.0 Å². The Labute approximate surface area is 180 Å². The number of ether oxygens (including phenoxy) is 1. The van der Waals surface area contributed by atoms with Crippen LogP contribution in [0.1, 0.15) is 24.2 Å². The highest BCUT2D eigenvalue weighted by Crippen LogP contribution is 2.17. The highest BCUT2D eigenvalue weighted by molar-refractivity contribution is 5.74. The van der Waals surface area contributed by atoms with Crippen molar-refractivity contribution >= 4 is 6.03 Å². The third kappa shape index (κ3) is 5.88. The molecule has 1 fully saturated rings. The number of rotatable bonds is 7. The van der Waals surface area contributed by atoms with Crippen LogP contribution in [0.5, 0.6) is 0 Å². The van der Waals surface area contributed by atoms with Crippen molar-refractivity contribution in [3.05, 3.63) is 71.8 Å². The average Bonchev–Trinajstić information content (AvgIpc) is 3.28. The zero-order valence-electron chi connectivity index (χ0n) is 17.2. The van der Waals surface area contributed by atoms with E-state index in [9.17, 15) is 9.18 Å². The Morgan fingerprint density at radius 1 is 1.19 bits per heavy atom. The van der Waals surface area contributed by atoms with Crippen LogP contribution in [0, 0.1) is 5.82 Å². The maximum Gasteiger partial charge on any atom is 0.317 e. The van der Waals surface area contributed by atoms with Gasteiger partial charge in [-0.1, -0.05) is 35.5 Å². The van der Waals surface area contributed by atoms with Crippen LogP contribution in [0.25, 0.3) is 11.5 Å². The molecule has 1 aliphatic rings. The first-order valence-corrected chi connectivity index (χ1v) is 10.4. The zero-order valence-corrected chi connectivity index (χ0v) is 17.2. The monoisotopic (exact) mass is 424 g/mol. The number of nitrogens with zero attached hydrogens (tertiary/aromatic N) is 3. The Morgan fingerprint density at radius 2 is 2.00 bits per heavy atom. The van der Waals surface area contributed by atoms with Crippen LogP contribution in [0.2, 0.25) is 0 Å². The largest absolute Gasteiger partial charge is 0.376 e. The van der Waals surface area contributed by atoms with Gasteiger partial charge in [0.2, 0.25) is 0 Å². The molecule has 0 radical (unpaired) electrons. The molecule has 1 aromatic heterocycles. The third-order valence-corrected chi connectivity index (χ3v) is 5.19. The number of hydrogen-bond acceptors (Lipinski definition) is 5. The molecule has 0 bridgehead atoms. The molecule has 7 nitrogen and oxygen atoms in total. The number of amides is 2. The van der Waals surface area contributed by atoms with Gasteiger partial charge in [0.15, 0.2) is 5.82 Å². The first kappa shape index (κ1) is 21.0. The van der Waals surface area contributed by atoms with Gasteiger partial charge in [0.05, 0.1) is 12.7 Å². The summed E-state index contributed by atoms with van der Waals surface area (Å²) in [4.78, 5) is 18.6. The maximum atomic E-state index is 13.0. The second-order valence-electron chi connectivity index (χ2n) is 7.50. The second-order valence-corrected chi connectivity index (χ2v) is 7.50. The lowest BCUT2D eigenvalue weighted by molar-refractivity contribution is 0.0105. The van der Waals surface area contributed by atoms with Gasteiger partial charge in [-0.3, -0.25) is 0 Å². The molecule has 31 heavy (non-hydrogen) atoms. The molecule has 2 amide bonds. The van der Waals surface area contributed by atoms with E-state index in [2.05, 4.69) is 15.5 Å². The van der Waals surface area contributed by atoms with Crippen molar-refractivity contribution in [3.63, 3.8) is 0 Å². The Kier molecular flexibility index (Phi) is 6.89. The van der Waals surface area contributed by atoms with Crippen molar-refractivity contribution in [1.82, 2.24) is 20.4 Å². The summed E-state index contributed by atoms with van der Waals surface area (Å²) in [6.45, 7) is 2.06. The summed E-state index contributed by atoms with van der Waals surface area (Å²) in [7, 11) is 0. The number of urea groups is 1. The summed E-state index contributed by atoms with van der Waals surface area (Å²) >= 11 is 0. The van der Waals surface area contributed by atoms with E-state index in [0.29, 0.717) is 44.4 Å². The minimum atomic E-state index is -0.289. The fraction of sp³-hybridized carbons (Fsp3) is 0.348. The highest BCUT2D eigenvalue weighted by atomic mass is 19.1. The number of carbonyl (C=O) groups is 1. The van der Waals surface area contributed by atoms with Gasteiger partial charge in [0.25, 0.3) is 5.89 Å². The van der Waals surface area contributed by atoms with Crippen LogP contribution in [-0.4, -0.2) is 46.9 Å². The molecule has 2 aromatic carbocycles.